The maximum Gasteiger partial charge on any atom is 0.317 e. The average Bonchev–Trinajstić information content (AvgIpc) is 2.67. The van der Waals surface area contributed by atoms with Crippen LogP contribution in [0.2, 0.25) is 0 Å². The van der Waals surface area contributed by atoms with Crippen molar-refractivity contribution in [3.8, 4) is 0 Å². The van der Waals surface area contributed by atoms with Gasteiger partial charge in [-0.3, -0.25) is 14.4 Å². The van der Waals surface area contributed by atoms with Crippen molar-refractivity contribution in [1.82, 2.24) is 19.6 Å². The molecule has 0 aliphatic heterocycles. The quantitative estimate of drug-likeness (QED) is 0.702. The molecule has 0 bridgehead atoms. The minimum Gasteiger partial charge on any atom is -0.480 e. The Bertz CT molecular complexity index is 376. The van der Waals surface area contributed by atoms with Gasteiger partial charge in [-0.2, -0.15) is 5.10 Å². The topological polar surface area (TPSA) is 61.6 Å². The molecule has 0 radical (unpaired) electrons. The van der Waals surface area contributed by atoms with E-state index >= 15 is 0 Å². The van der Waals surface area contributed by atoms with Crippen molar-refractivity contribution in [2.24, 2.45) is 7.05 Å². The number of likely N-dealkylation sites (N-methyl/N-ethyl adjacent to an activating group) is 1. The lowest BCUT2D eigenvalue weighted by molar-refractivity contribution is -0.138. The highest BCUT2D eigenvalue weighted by molar-refractivity contribution is 5.69. The molecule has 18 heavy (non-hydrogen) atoms. The van der Waals surface area contributed by atoms with Crippen molar-refractivity contribution in [2.75, 3.05) is 40.3 Å². The summed E-state index contributed by atoms with van der Waals surface area (Å²) >= 11 is 0. The van der Waals surface area contributed by atoms with E-state index in [9.17, 15) is 4.79 Å². The largest absolute Gasteiger partial charge is 0.480 e. The summed E-state index contributed by atoms with van der Waals surface area (Å²) < 4.78 is 1.76. The molecular weight excluding hydrogens is 232 g/mol. The maximum atomic E-state index is 10.8. The van der Waals surface area contributed by atoms with Crippen molar-refractivity contribution in [1.29, 1.82) is 0 Å². The van der Waals surface area contributed by atoms with Gasteiger partial charge in [0, 0.05) is 32.9 Å². The summed E-state index contributed by atoms with van der Waals surface area (Å²) in [5, 5.41) is 13.0. The Labute approximate surface area is 108 Å². The van der Waals surface area contributed by atoms with Crippen molar-refractivity contribution in [2.45, 2.75) is 6.42 Å². The van der Waals surface area contributed by atoms with Gasteiger partial charge in [0.25, 0.3) is 0 Å². The summed E-state index contributed by atoms with van der Waals surface area (Å²) in [7, 11) is 5.85. The van der Waals surface area contributed by atoms with Gasteiger partial charge in [-0.25, -0.2) is 0 Å². The van der Waals surface area contributed by atoms with Gasteiger partial charge in [-0.05, 0) is 26.1 Å². The molecule has 1 aromatic heterocycles. The average molecular weight is 254 g/mol. The third kappa shape index (κ3) is 5.79. The van der Waals surface area contributed by atoms with E-state index in [1.54, 1.807) is 4.68 Å². The summed E-state index contributed by atoms with van der Waals surface area (Å²) in [6.07, 6.45) is 4.62. The zero-order chi connectivity index (χ0) is 13.5. The van der Waals surface area contributed by atoms with Crippen LogP contribution in [0.15, 0.2) is 12.4 Å². The fourth-order valence-electron chi connectivity index (χ4n) is 1.69. The van der Waals surface area contributed by atoms with Crippen LogP contribution in [0.1, 0.15) is 5.56 Å². The minimum atomic E-state index is -0.778. The number of hydrogen-bond acceptors (Lipinski definition) is 4. The van der Waals surface area contributed by atoms with Crippen LogP contribution in [0, 0.1) is 0 Å². The van der Waals surface area contributed by atoms with Gasteiger partial charge in [-0.1, -0.05) is 0 Å². The number of aryl methyl sites for hydroxylation is 1. The zero-order valence-electron chi connectivity index (χ0n) is 11.3. The van der Waals surface area contributed by atoms with Crippen LogP contribution in [0.25, 0.3) is 0 Å². The highest BCUT2D eigenvalue weighted by Gasteiger charge is 2.10. The van der Waals surface area contributed by atoms with Gasteiger partial charge in [0.2, 0.25) is 0 Å². The molecule has 0 spiro atoms. The van der Waals surface area contributed by atoms with Gasteiger partial charge in [0.1, 0.15) is 0 Å². The molecule has 1 rings (SSSR count). The molecule has 0 aliphatic rings. The Hall–Kier alpha value is -1.40. The summed E-state index contributed by atoms with van der Waals surface area (Å²) in [5.74, 6) is -0.778. The predicted molar refractivity (Wildman–Crippen MR) is 69.5 cm³/mol. The first-order valence-corrected chi connectivity index (χ1v) is 6.04. The van der Waals surface area contributed by atoms with Gasteiger partial charge in [-0.15, -0.1) is 0 Å². The van der Waals surface area contributed by atoms with Gasteiger partial charge in [0.15, 0.2) is 0 Å². The molecule has 0 saturated carbocycles. The van der Waals surface area contributed by atoms with Crippen LogP contribution in [0.4, 0.5) is 0 Å². The maximum absolute atomic E-state index is 10.8. The zero-order valence-corrected chi connectivity index (χ0v) is 11.3. The Morgan fingerprint density at radius 3 is 2.61 bits per heavy atom. The first-order chi connectivity index (χ1) is 8.47. The van der Waals surface area contributed by atoms with Crippen LogP contribution in [-0.4, -0.2) is 70.9 Å². The van der Waals surface area contributed by atoms with E-state index in [1.165, 1.54) is 0 Å². The Morgan fingerprint density at radius 1 is 1.39 bits per heavy atom. The van der Waals surface area contributed by atoms with E-state index in [1.807, 2.05) is 38.4 Å². The van der Waals surface area contributed by atoms with Gasteiger partial charge >= 0.3 is 5.97 Å². The van der Waals surface area contributed by atoms with Crippen LogP contribution in [-0.2, 0) is 18.3 Å². The first-order valence-electron chi connectivity index (χ1n) is 6.04. The number of aromatic nitrogens is 2. The number of aliphatic carboxylic acids is 1. The lowest BCUT2D eigenvalue weighted by Crippen LogP contribution is -2.36. The normalized spacial score (nSPS) is 11.4. The predicted octanol–water partition coefficient (Wildman–Crippen LogP) is -0.0892. The Balaban J connectivity index is 2.42. The fourth-order valence-corrected chi connectivity index (χ4v) is 1.69. The minimum absolute atomic E-state index is 0.0914. The van der Waals surface area contributed by atoms with E-state index in [0.29, 0.717) is 0 Å². The van der Waals surface area contributed by atoms with E-state index in [4.69, 9.17) is 5.11 Å². The fraction of sp³-hybridized carbons (Fsp3) is 0.667. The third-order valence-electron chi connectivity index (χ3n) is 2.70. The van der Waals surface area contributed by atoms with Crippen molar-refractivity contribution < 1.29 is 9.90 Å². The van der Waals surface area contributed by atoms with Crippen molar-refractivity contribution in [3.63, 3.8) is 0 Å². The van der Waals surface area contributed by atoms with E-state index in [-0.39, 0.29) is 6.54 Å². The summed E-state index contributed by atoms with van der Waals surface area (Å²) in [4.78, 5) is 14.8. The van der Waals surface area contributed by atoms with Gasteiger partial charge in [0.05, 0.1) is 12.7 Å². The molecule has 0 fully saturated rings. The molecule has 0 unspecified atom stereocenters. The number of carboxylic acids is 1. The molecule has 0 amide bonds. The van der Waals surface area contributed by atoms with Crippen LogP contribution in [0.5, 0.6) is 0 Å². The molecule has 6 nitrogen and oxygen atoms in total. The standard InChI is InChI=1S/C12H22N4O2/c1-14(2)6-7-16(10-12(17)18)5-4-11-8-13-15(3)9-11/h8-9H,4-7,10H2,1-3H3,(H,17,18). The summed E-state index contributed by atoms with van der Waals surface area (Å²) in [6, 6.07) is 0. The second-order valence-corrected chi connectivity index (χ2v) is 4.75. The second kappa shape index (κ2) is 7.13. The monoisotopic (exact) mass is 254 g/mol. The molecule has 0 saturated heterocycles. The lowest BCUT2D eigenvalue weighted by atomic mass is 10.2. The number of rotatable bonds is 8. The molecule has 0 aromatic carbocycles. The van der Waals surface area contributed by atoms with E-state index < -0.39 is 5.97 Å². The highest BCUT2D eigenvalue weighted by atomic mass is 16.4. The van der Waals surface area contributed by atoms with Crippen molar-refractivity contribution in [3.05, 3.63) is 18.0 Å². The molecule has 0 atom stereocenters. The molecule has 1 aromatic rings. The molecule has 0 aliphatic carbocycles. The van der Waals surface area contributed by atoms with Crippen LogP contribution in [0.3, 0.4) is 0 Å². The molecule has 102 valence electrons. The SMILES string of the molecule is CN(C)CCN(CCc1cnn(C)c1)CC(=O)O. The molecule has 6 heteroatoms. The Morgan fingerprint density at radius 2 is 2.11 bits per heavy atom. The number of carbonyl (C=O) groups is 1. The molecule has 1 heterocycles. The number of hydrogen-bond donors (Lipinski definition) is 1. The number of carboxylic acid groups (broad SMARTS) is 1. The second-order valence-electron chi connectivity index (χ2n) is 4.75. The first kappa shape index (κ1) is 14.7. The van der Waals surface area contributed by atoms with Crippen LogP contribution >= 0.6 is 0 Å². The molecular formula is C12H22N4O2. The smallest absolute Gasteiger partial charge is 0.317 e. The third-order valence-corrected chi connectivity index (χ3v) is 2.70. The van der Waals surface area contributed by atoms with Crippen molar-refractivity contribution >= 4 is 5.97 Å². The van der Waals surface area contributed by atoms with E-state index in [2.05, 4.69) is 10.00 Å². The summed E-state index contributed by atoms with van der Waals surface area (Å²) in [6.45, 7) is 2.46. The van der Waals surface area contributed by atoms with Crippen LogP contribution < -0.4 is 0 Å². The lowest BCUT2D eigenvalue weighted by Gasteiger charge is -2.21. The van der Waals surface area contributed by atoms with E-state index in [0.717, 1.165) is 31.6 Å². The highest BCUT2D eigenvalue weighted by Crippen LogP contribution is 2.00. The summed E-state index contributed by atoms with van der Waals surface area (Å²) in [5.41, 5.74) is 1.14. The van der Waals surface area contributed by atoms with Gasteiger partial charge < -0.3 is 10.0 Å². The Kier molecular flexibility index (Phi) is 5.80. The molecule has 1 N–H and O–H groups in total. The number of nitrogens with zero attached hydrogens (tertiary/aromatic N) is 4.